The minimum absolute atomic E-state index is 0.156. The van der Waals surface area contributed by atoms with Crippen LogP contribution in [0.25, 0.3) is 5.52 Å². The predicted molar refractivity (Wildman–Crippen MR) is 65.4 cm³/mol. The van der Waals surface area contributed by atoms with E-state index in [1.807, 2.05) is 36.6 Å². The molecule has 0 aliphatic rings. The minimum atomic E-state index is 0.156. The topological polar surface area (TPSA) is 29.3 Å². The molecule has 0 saturated carbocycles. The monoisotopic (exact) mass is 287 g/mol. The van der Waals surface area contributed by atoms with E-state index in [0.717, 1.165) is 15.9 Å². The van der Waals surface area contributed by atoms with E-state index in [4.69, 9.17) is 11.6 Å². The average molecular weight is 289 g/mol. The standard InChI is InChI=1S/C10H11BrClN3/c1-6(13-2)10-14-9(12)7-4-3-5-8(11)15(7)10/h3-6,13H,1-2H3. The number of rotatable bonds is 2. The van der Waals surface area contributed by atoms with Gasteiger partial charge in [-0.2, -0.15) is 0 Å². The van der Waals surface area contributed by atoms with E-state index in [1.165, 1.54) is 0 Å². The number of pyridine rings is 1. The Balaban J connectivity index is 2.75. The summed E-state index contributed by atoms with van der Waals surface area (Å²) in [5, 5.41) is 3.69. The Kier molecular flexibility index (Phi) is 3.00. The second-order valence-electron chi connectivity index (χ2n) is 3.34. The van der Waals surface area contributed by atoms with Crippen LogP contribution in [0.5, 0.6) is 0 Å². The SMILES string of the molecule is CNC(C)c1nc(Cl)c2cccc(Br)n12. The molecule has 0 radical (unpaired) electrons. The molecule has 0 fully saturated rings. The van der Waals surface area contributed by atoms with Crippen molar-refractivity contribution >= 4 is 33.0 Å². The van der Waals surface area contributed by atoms with Crippen molar-refractivity contribution in [3.63, 3.8) is 0 Å². The molecule has 0 spiro atoms. The van der Waals surface area contributed by atoms with Gasteiger partial charge in [-0.05, 0) is 42.0 Å². The van der Waals surface area contributed by atoms with Gasteiger partial charge in [-0.3, -0.25) is 4.40 Å². The Morgan fingerprint density at radius 3 is 2.93 bits per heavy atom. The van der Waals surface area contributed by atoms with E-state index in [9.17, 15) is 0 Å². The van der Waals surface area contributed by atoms with E-state index in [-0.39, 0.29) is 6.04 Å². The molecular weight excluding hydrogens is 277 g/mol. The highest BCUT2D eigenvalue weighted by atomic mass is 79.9. The minimum Gasteiger partial charge on any atom is -0.311 e. The van der Waals surface area contributed by atoms with E-state index in [0.29, 0.717) is 5.15 Å². The summed E-state index contributed by atoms with van der Waals surface area (Å²) in [4.78, 5) is 4.36. The molecule has 0 saturated heterocycles. The molecule has 2 aromatic rings. The summed E-state index contributed by atoms with van der Waals surface area (Å²) >= 11 is 9.57. The summed E-state index contributed by atoms with van der Waals surface area (Å²) in [6, 6.07) is 6.02. The van der Waals surface area contributed by atoms with Crippen molar-refractivity contribution < 1.29 is 0 Å². The number of hydrogen-bond acceptors (Lipinski definition) is 2. The van der Waals surface area contributed by atoms with Gasteiger partial charge in [-0.1, -0.05) is 17.7 Å². The van der Waals surface area contributed by atoms with Crippen LogP contribution in [0.2, 0.25) is 5.15 Å². The fourth-order valence-corrected chi connectivity index (χ4v) is 2.26. The summed E-state index contributed by atoms with van der Waals surface area (Å²) in [6.07, 6.45) is 0. The van der Waals surface area contributed by atoms with Crippen molar-refractivity contribution in [2.24, 2.45) is 0 Å². The van der Waals surface area contributed by atoms with Gasteiger partial charge in [-0.15, -0.1) is 0 Å². The summed E-state index contributed by atoms with van der Waals surface area (Å²) in [7, 11) is 1.90. The van der Waals surface area contributed by atoms with Crippen LogP contribution < -0.4 is 5.32 Å². The lowest BCUT2D eigenvalue weighted by Crippen LogP contribution is -2.15. The molecule has 3 nitrogen and oxygen atoms in total. The Bertz CT molecular complexity index is 495. The van der Waals surface area contributed by atoms with Crippen molar-refractivity contribution in [1.82, 2.24) is 14.7 Å². The molecule has 80 valence electrons. The number of nitrogens with zero attached hydrogens (tertiary/aromatic N) is 2. The van der Waals surface area contributed by atoms with Crippen molar-refractivity contribution in [2.75, 3.05) is 7.05 Å². The zero-order valence-electron chi connectivity index (χ0n) is 8.46. The van der Waals surface area contributed by atoms with Gasteiger partial charge in [-0.25, -0.2) is 4.98 Å². The van der Waals surface area contributed by atoms with E-state index in [1.54, 1.807) is 0 Å². The van der Waals surface area contributed by atoms with Gasteiger partial charge in [0.2, 0.25) is 0 Å². The molecule has 2 aromatic heterocycles. The molecule has 0 amide bonds. The van der Waals surface area contributed by atoms with Crippen molar-refractivity contribution in [1.29, 1.82) is 0 Å². The van der Waals surface area contributed by atoms with Crippen LogP contribution in [0.15, 0.2) is 22.8 Å². The first-order chi connectivity index (χ1) is 7.15. The molecule has 2 rings (SSSR count). The number of hydrogen-bond donors (Lipinski definition) is 1. The first kappa shape index (κ1) is 10.9. The molecule has 0 aromatic carbocycles. The smallest absolute Gasteiger partial charge is 0.155 e. The van der Waals surface area contributed by atoms with Crippen LogP contribution in [0.3, 0.4) is 0 Å². The van der Waals surface area contributed by atoms with Crippen LogP contribution in [0.1, 0.15) is 18.8 Å². The van der Waals surface area contributed by atoms with Crippen LogP contribution in [0, 0.1) is 0 Å². The maximum absolute atomic E-state index is 6.07. The number of fused-ring (bicyclic) bond motifs is 1. The highest BCUT2D eigenvalue weighted by molar-refractivity contribution is 9.10. The maximum Gasteiger partial charge on any atom is 0.155 e. The van der Waals surface area contributed by atoms with E-state index < -0.39 is 0 Å². The summed E-state index contributed by atoms with van der Waals surface area (Å²) in [5.41, 5.74) is 0.920. The predicted octanol–water partition coefficient (Wildman–Crippen LogP) is 3.03. The van der Waals surface area contributed by atoms with Crippen molar-refractivity contribution in [2.45, 2.75) is 13.0 Å². The van der Waals surface area contributed by atoms with Crippen molar-refractivity contribution in [3.05, 3.63) is 33.8 Å². The van der Waals surface area contributed by atoms with Gasteiger partial charge in [0.05, 0.1) is 16.2 Å². The van der Waals surface area contributed by atoms with Gasteiger partial charge in [0.1, 0.15) is 5.82 Å². The molecule has 1 N–H and O–H groups in total. The van der Waals surface area contributed by atoms with Gasteiger partial charge in [0.25, 0.3) is 0 Å². The molecule has 0 aliphatic heterocycles. The number of halogens is 2. The van der Waals surface area contributed by atoms with E-state index in [2.05, 4.69) is 26.2 Å². The zero-order valence-corrected chi connectivity index (χ0v) is 10.8. The molecule has 15 heavy (non-hydrogen) atoms. The number of aromatic nitrogens is 2. The second-order valence-corrected chi connectivity index (χ2v) is 4.51. The van der Waals surface area contributed by atoms with Gasteiger partial charge >= 0.3 is 0 Å². The van der Waals surface area contributed by atoms with Gasteiger partial charge in [0.15, 0.2) is 5.15 Å². The van der Waals surface area contributed by atoms with Crippen LogP contribution in [0.4, 0.5) is 0 Å². The largest absolute Gasteiger partial charge is 0.311 e. The fourth-order valence-electron chi connectivity index (χ4n) is 1.50. The maximum atomic E-state index is 6.07. The third kappa shape index (κ3) is 1.77. The van der Waals surface area contributed by atoms with Gasteiger partial charge in [0, 0.05) is 0 Å². The third-order valence-corrected chi connectivity index (χ3v) is 3.31. The molecule has 0 aliphatic carbocycles. The second kappa shape index (κ2) is 4.12. The molecule has 2 heterocycles. The Morgan fingerprint density at radius 2 is 2.27 bits per heavy atom. The average Bonchev–Trinajstić information content (AvgIpc) is 2.57. The van der Waals surface area contributed by atoms with E-state index >= 15 is 0 Å². The number of imidazole rings is 1. The Hall–Kier alpha value is -0.580. The summed E-state index contributed by atoms with van der Waals surface area (Å²) in [5.74, 6) is 0.907. The summed E-state index contributed by atoms with van der Waals surface area (Å²) < 4.78 is 2.96. The van der Waals surface area contributed by atoms with Crippen LogP contribution in [-0.4, -0.2) is 16.4 Å². The first-order valence-electron chi connectivity index (χ1n) is 4.64. The lowest BCUT2D eigenvalue weighted by molar-refractivity contribution is 0.606. The zero-order chi connectivity index (χ0) is 11.0. The first-order valence-corrected chi connectivity index (χ1v) is 5.82. The quantitative estimate of drug-likeness (QED) is 0.861. The van der Waals surface area contributed by atoms with Crippen LogP contribution in [-0.2, 0) is 0 Å². The third-order valence-electron chi connectivity index (χ3n) is 2.42. The molecule has 5 heteroatoms. The fraction of sp³-hybridized carbons (Fsp3) is 0.300. The lowest BCUT2D eigenvalue weighted by Gasteiger charge is -2.09. The van der Waals surface area contributed by atoms with Crippen molar-refractivity contribution in [3.8, 4) is 0 Å². The lowest BCUT2D eigenvalue weighted by atomic mass is 10.3. The highest BCUT2D eigenvalue weighted by Crippen LogP contribution is 2.25. The van der Waals surface area contributed by atoms with Crippen LogP contribution >= 0.6 is 27.5 Å². The molecule has 1 atom stereocenters. The number of nitrogens with one attached hydrogen (secondary N) is 1. The Labute approximate surface area is 102 Å². The normalized spacial score (nSPS) is 13.3. The molecule has 0 bridgehead atoms. The Morgan fingerprint density at radius 1 is 1.53 bits per heavy atom. The highest BCUT2D eigenvalue weighted by Gasteiger charge is 2.15. The molecular formula is C10H11BrClN3. The molecule has 1 unspecified atom stereocenters. The summed E-state index contributed by atoms with van der Waals surface area (Å²) in [6.45, 7) is 2.05. The van der Waals surface area contributed by atoms with Gasteiger partial charge < -0.3 is 5.32 Å².